The number of hydrogen-bond donors (Lipinski definition) is 1. The fourth-order valence-corrected chi connectivity index (χ4v) is 1.46. The van der Waals surface area contributed by atoms with Gasteiger partial charge in [-0.25, -0.2) is 4.39 Å². The van der Waals surface area contributed by atoms with E-state index in [-0.39, 0.29) is 5.82 Å². The van der Waals surface area contributed by atoms with Crippen molar-refractivity contribution in [3.63, 3.8) is 0 Å². The molecule has 78 valence electrons. The van der Waals surface area contributed by atoms with Crippen LogP contribution in [0.3, 0.4) is 0 Å². The number of rotatable bonds is 3. The molecule has 0 aliphatic rings. The topological polar surface area (TPSA) is 61.0 Å². The van der Waals surface area contributed by atoms with Crippen molar-refractivity contribution in [2.75, 3.05) is 5.73 Å². The van der Waals surface area contributed by atoms with Crippen molar-refractivity contribution in [3.8, 4) is 5.19 Å². The molecule has 0 aliphatic heterocycles. The minimum Gasteiger partial charge on any atom is -0.464 e. The van der Waals surface area contributed by atoms with E-state index in [1.165, 1.54) is 23.5 Å². The van der Waals surface area contributed by atoms with Gasteiger partial charge in [-0.15, -0.1) is 5.10 Å². The Bertz CT molecular complexity index is 443. The van der Waals surface area contributed by atoms with Crippen molar-refractivity contribution in [2.45, 2.75) is 6.61 Å². The minimum atomic E-state index is -0.265. The second kappa shape index (κ2) is 4.22. The number of hydrogen-bond acceptors (Lipinski definition) is 5. The van der Waals surface area contributed by atoms with E-state index in [4.69, 9.17) is 10.5 Å². The van der Waals surface area contributed by atoms with Crippen LogP contribution in [0, 0.1) is 5.82 Å². The van der Waals surface area contributed by atoms with Crippen LogP contribution in [0.2, 0.25) is 0 Å². The smallest absolute Gasteiger partial charge is 0.296 e. The molecule has 0 saturated heterocycles. The van der Waals surface area contributed by atoms with Crippen LogP contribution in [0.25, 0.3) is 0 Å². The van der Waals surface area contributed by atoms with E-state index in [0.717, 1.165) is 5.56 Å². The Kier molecular flexibility index (Phi) is 2.77. The molecule has 1 aromatic carbocycles. The van der Waals surface area contributed by atoms with E-state index in [9.17, 15) is 4.39 Å². The van der Waals surface area contributed by atoms with Gasteiger partial charge in [-0.3, -0.25) is 0 Å². The van der Waals surface area contributed by atoms with E-state index in [2.05, 4.69) is 10.2 Å². The predicted molar refractivity (Wildman–Crippen MR) is 55.1 cm³/mol. The Labute approximate surface area is 89.5 Å². The Hall–Kier alpha value is -1.69. The van der Waals surface area contributed by atoms with Crippen molar-refractivity contribution < 1.29 is 9.13 Å². The first-order valence-corrected chi connectivity index (χ1v) is 5.02. The number of ether oxygens (including phenoxy) is 1. The summed E-state index contributed by atoms with van der Waals surface area (Å²) in [6.45, 7) is 0.328. The molecule has 0 atom stereocenters. The largest absolute Gasteiger partial charge is 0.464 e. The highest BCUT2D eigenvalue weighted by atomic mass is 32.1. The third-order valence-corrected chi connectivity index (χ3v) is 2.36. The third kappa shape index (κ3) is 2.63. The van der Waals surface area contributed by atoms with Gasteiger partial charge < -0.3 is 10.5 Å². The first kappa shape index (κ1) is 9.85. The van der Waals surface area contributed by atoms with Gasteiger partial charge in [0.2, 0.25) is 5.13 Å². The standard InChI is InChI=1S/C9H8FN3OS/c10-7-3-1-6(2-4-7)5-14-9-13-12-8(11)15-9/h1-4H,5H2,(H2,11,12). The maximum atomic E-state index is 12.6. The minimum absolute atomic E-state index is 0.265. The molecular formula is C9H8FN3OS. The van der Waals surface area contributed by atoms with Gasteiger partial charge in [0.1, 0.15) is 12.4 Å². The summed E-state index contributed by atoms with van der Waals surface area (Å²) in [6, 6.07) is 6.07. The normalized spacial score (nSPS) is 10.2. The van der Waals surface area contributed by atoms with Crippen molar-refractivity contribution in [1.29, 1.82) is 0 Å². The summed E-state index contributed by atoms with van der Waals surface area (Å²) in [4.78, 5) is 0. The van der Waals surface area contributed by atoms with E-state index in [0.29, 0.717) is 16.9 Å². The number of nitrogen functional groups attached to an aromatic ring is 1. The van der Waals surface area contributed by atoms with Gasteiger partial charge in [-0.1, -0.05) is 17.2 Å². The molecule has 1 aromatic heterocycles. The monoisotopic (exact) mass is 225 g/mol. The van der Waals surface area contributed by atoms with Crippen LogP contribution < -0.4 is 10.5 Å². The van der Waals surface area contributed by atoms with Gasteiger partial charge in [-0.05, 0) is 29.0 Å². The summed E-state index contributed by atoms with van der Waals surface area (Å²) in [6.07, 6.45) is 0. The van der Waals surface area contributed by atoms with E-state index in [1.54, 1.807) is 12.1 Å². The van der Waals surface area contributed by atoms with Gasteiger partial charge >= 0.3 is 0 Å². The molecule has 6 heteroatoms. The zero-order valence-corrected chi connectivity index (χ0v) is 8.50. The third-order valence-electron chi connectivity index (χ3n) is 1.70. The van der Waals surface area contributed by atoms with Crippen LogP contribution in [-0.2, 0) is 6.61 Å². The highest BCUT2D eigenvalue weighted by Crippen LogP contribution is 2.20. The number of nitrogens with two attached hydrogens (primary N) is 1. The summed E-state index contributed by atoms with van der Waals surface area (Å²) in [5.74, 6) is -0.265. The number of benzene rings is 1. The molecule has 0 fully saturated rings. The van der Waals surface area contributed by atoms with Gasteiger partial charge in [0.25, 0.3) is 5.19 Å². The number of halogens is 1. The molecule has 2 rings (SSSR count). The van der Waals surface area contributed by atoms with E-state index >= 15 is 0 Å². The molecule has 4 nitrogen and oxygen atoms in total. The average Bonchev–Trinajstić information content (AvgIpc) is 2.64. The highest BCUT2D eigenvalue weighted by Gasteiger charge is 2.02. The van der Waals surface area contributed by atoms with Gasteiger partial charge in [0.15, 0.2) is 0 Å². The van der Waals surface area contributed by atoms with Crippen molar-refractivity contribution in [1.82, 2.24) is 10.2 Å². The lowest BCUT2D eigenvalue weighted by atomic mass is 10.2. The SMILES string of the molecule is Nc1nnc(OCc2ccc(F)cc2)s1. The summed E-state index contributed by atoms with van der Waals surface area (Å²) in [5.41, 5.74) is 6.25. The van der Waals surface area contributed by atoms with Crippen LogP contribution in [0.15, 0.2) is 24.3 Å². The zero-order chi connectivity index (χ0) is 10.7. The summed E-state index contributed by atoms with van der Waals surface area (Å²) in [7, 11) is 0. The second-order valence-electron chi connectivity index (χ2n) is 2.82. The quantitative estimate of drug-likeness (QED) is 0.865. The lowest BCUT2D eigenvalue weighted by molar-refractivity contribution is 0.302. The maximum absolute atomic E-state index is 12.6. The van der Waals surface area contributed by atoms with Gasteiger partial charge in [0, 0.05) is 0 Å². The fourth-order valence-electron chi connectivity index (χ4n) is 1.00. The molecule has 0 radical (unpaired) electrons. The van der Waals surface area contributed by atoms with Gasteiger partial charge in [-0.2, -0.15) is 0 Å². The van der Waals surface area contributed by atoms with Crippen LogP contribution in [0.1, 0.15) is 5.56 Å². The molecule has 0 saturated carbocycles. The lowest BCUT2D eigenvalue weighted by Crippen LogP contribution is -1.94. The summed E-state index contributed by atoms with van der Waals surface area (Å²) < 4.78 is 17.9. The average molecular weight is 225 g/mol. The van der Waals surface area contributed by atoms with Crippen LogP contribution in [0.4, 0.5) is 9.52 Å². The number of nitrogens with zero attached hydrogens (tertiary/aromatic N) is 2. The van der Waals surface area contributed by atoms with Crippen molar-refractivity contribution >= 4 is 16.5 Å². The molecule has 2 N–H and O–H groups in total. The van der Waals surface area contributed by atoms with Crippen LogP contribution in [-0.4, -0.2) is 10.2 Å². The maximum Gasteiger partial charge on any atom is 0.296 e. The first-order valence-electron chi connectivity index (χ1n) is 4.20. The molecule has 0 bridgehead atoms. The number of anilines is 1. The Morgan fingerprint density at radius 2 is 2.00 bits per heavy atom. The lowest BCUT2D eigenvalue weighted by Gasteiger charge is -2.00. The van der Waals surface area contributed by atoms with Crippen molar-refractivity contribution in [2.24, 2.45) is 0 Å². The number of aromatic nitrogens is 2. The Morgan fingerprint density at radius 1 is 1.27 bits per heavy atom. The Morgan fingerprint density at radius 3 is 2.60 bits per heavy atom. The second-order valence-corrected chi connectivity index (χ2v) is 3.79. The molecular weight excluding hydrogens is 217 g/mol. The zero-order valence-electron chi connectivity index (χ0n) is 7.68. The van der Waals surface area contributed by atoms with E-state index in [1.807, 2.05) is 0 Å². The highest BCUT2D eigenvalue weighted by molar-refractivity contribution is 7.16. The molecule has 1 heterocycles. The Balaban J connectivity index is 1.96. The van der Waals surface area contributed by atoms with Crippen molar-refractivity contribution in [3.05, 3.63) is 35.6 Å². The first-order chi connectivity index (χ1) is 7.24. The fraction of sp³-hybridized carbons (Fsp3) is 0.111. The van der Waals surface area contributed by atoms with E-state index < -0.39 is 0 Å². The van der Waals surface area contributed by atoms with Gasteiger partial charge in [0.05, 0.1) is 0 Å². The molecule has 0 unspecified atom stereocenters. The van der Waals surface area contributed by atoms with Crippen LogP contribution >= 0.6 is 11.3 Å². The predicted octanol–water partition coefficient (Wildman–Crippen LogP) is 1.84. The molecule has 0 aliphatic carbocycles. The summed E-state index contributed by atoms with van der Waals surface area (Å²) in [5, 5.41) is 8.08. The van der Waals surface area contributed by atoms with Crippen LogP contribution in [0.5, 0.6) is 5.19 Å². The molecule has 2 aromatic rings. The molecule has 0 spiro atoms. The molecule has 15 heavy (non-hydrogen) atoms. The summed E-state index contributed by atoms with van der Waals surface area (Å²) >= 11 is 1.17. The molecule has 0 amide bonds.